The Morgan fingerprint density at radius 1 is 1.33 bits per heavy atom. The van der Waals surface area contributed by atoms with Crippen LogP contribution >= 0.6 is 22.9 Å². The molecule has 4 heteroatoms. The van der Waals surface area contributed by atoms with E-state index in [1.54, 1.807) is 0 Å². The van der Waals surface area contributed by atoms with Gasteiger partial charge in [-0.1, -0.05) is 41.4 Å². The first-order chi connectivity index (χ1) is 7.20. The summed E-state index contributed by atoms with van der Waals surface area (Å²) in [6.45, 7) is 1.93. The molecule has 0 atom stereocenters. The summed E-state index contributed by atoms with van der Waals surface area (Å²) in [5.41, 5.74) is 2.80. The van der Waals surface area contributed by atoms with E-state index >= 15 is 0 Å². The van der Waals surface area contributed by atoms with Gasteiger partial charge in [0.05, 0.1) is 12.3 Å². The number of benzene rings is 1. The maximum atomic E-state index is 8.98. The number of aliphatic hydroxyl groups is 1. The molecule has 2 nitrogen and oxygen atoms in total. The van der Waals surface area contributed by atoms with Gasteiger partial charge in [-0.05, 0) is 6.92 Å². The number of aliphatic hydroxyl groups excluding tert-OH is 1. The van der Waals surface area contributed by atoms with Crippen molar-refractivity contribution >= 4 is 22.9 Å². The number of rotatable bonds is 2. The van der Waals surface area contributed by atoms with Crippen LogP contribution in [-0.2, 0) is 6.61 Å². The fraction of sp³-hybridized carbons (Fsp3) is 0.182. The van der Waals surface area contributed by atoms with E-state index in [-0.39, 0.29) is 6.61 Å². The average Bonchev–Trinajstić information content (AvgIpc) is 2.61. The maximum Gasteiger partial charge on any atom is 0.125 e. The second-order valence-electron chi connectivity index (χ2n) is 3.26. The number of aromatic nitrogens is 1. The summed E-state index contributed by atoms with van der Waals surface area (Å²) in [7, 11) is 0. The summed E-state index contributed by atoms with van der Waals surface area (Å²) >= 11 is 7.31. The molecule has 0 aliphatic rings. The third kappa shape index (κ3) is 2.20. The highest BCUT2D eigenvalue weighted by Gasteiger charge is 2.09. The van der Waals surface area contributed by atoms with Gasteiger partial charge < -0.3 is 5.11 Å². The fourth-order valence-corrected chi connectivity index (χ4v) is 2.38. The first-order valence-corrected chi connectivity index (χ1v) is 5.73. The molecule has 0 amide bonds. The highest BCUT2D eigenvalue weighted by molar-refractivity contribution is 7.19. The minimum atomic E-state index is -0.110. The Labute approximate surface area is 97.2 Å². The molecule has 0 radical (unpaired) electrons. The van der Waals surface area contributed by atoms with Gasteiger partial charge >= 0.3 is 0 Å². The molecule has 0 aliphatic carbocycles. The van der Waals surface area contributed by atoms with Crippen LogP contribution in [0, 0.1) is 6.92 Å². The molecule has 2 aromatic rings. The molecule has 0 aliphatic heterocycles. The Bertz CT molecular complexity index is 464. The van der Waals surface area contributed by atoms with Crippen LogP contribution in [0.5, 0.6) is 0 Å². The normalized spacial score (nSPS) is 10.6. The number of hydrogen-bond acceptors (Lipinski definition) is 3. The van der Waals surface area contributed by atoms with Gasteiger partial charge in [0.25, 0.3) is 0 Å². The number of nitrogens with zero attached hydrogens (tertiary/aromatic N) is 1. The Balaban J connectivity index is 2.41. The van der Waals surface area contributed by atoms with Gasteiger partial charge in [-0.3, -0.25) is 0 Å². The van der Waals surface area contributed by atoms with Crippen molar-refractivity contribution < 1.29 is 5.11 Å². The van der Waals surface area contributed by atoms with E-state index in [1.807, 2.05) is 31.2 Å². The zero-order valence-corrected chi connectivity index (χ0v) is 9.77. The molecular formula is C11H10ClNOS. The average molecular weight is 240 g/mol. The smallest absolute Gasteiger partial charge is 0.125 e. The Kier molecular flexibility index (Phi) is 3.05. The van der Waals surface area contributed by atoms with E-state index in [4.69, 9.17) is 16.7 Å². The zero-order valence-electron chi connectivity index (χ0n) is 8.20. The predicted octanol–water partition coefficient (Wildman–Crippen LogP) is 3.26. The molecule has 1 aromatic heterocycles. The predicted molar refractivity (Wildman–Crippen MR) is 63.2 cm³/mol. The summed E-state index contributed by atoms with van der Waals surface area (Å²) in [6.07, 6.45) is 0. The Morgan fingerprint density at radius 2 is 2.00 bits per heavy atom. The maximum absolute atomic E-state index is 8.98. The first-order valence-electron chi connectivity index (χ1n) is 4.54. The fourth-order valence-electron chi connectivity index (χ4n) is 1.25. The van der Waals surface area contributed by atoms with Gasteiger partial charge in [0, 0.05) is 5.56 Å². The zero-order chi connectivity index (χ0) is 10.8. The molecule has 0 saturated carbocycles. The van der Waals surface area contributed by atoms with Gasteiger partial charge in [-0.25, -0.2) is 4.98 Å². The first kappa shape index (κ1) is 10.6. The lowest BCUT2D eigenvalue weighted by Crippen LogP contribution is -1.83. The van der Waals surface area contributed by atoms with Gasteiger partial charge in [-0.2, -0.15) is 0 Å². The van der Waals surface area contributed by atoms with E-state index < -0.39 is 0 Å². The lowest BCUT2D eigenvalue weighted by molar-refractivity contribution is 0.278. The van der Waals surface area contributed by atoms with Crippen LogP contribution in [0.2, 0.25) is 4.34 Å². The SMILES string of the molecule is Cc1ccc(-c2nc(CO)c(Cl)s2)cc1. The van der Waals surface area contributed by atoms with E-state index in [0.717, 1.165) is 10.6 Å². The third-order valence-electron chi connectivity index (χ3n) is 2.10. The Hall–Kier alpha value is -0.900. The van der Waals surface area contributed by atoms with E-state index in [0.29, 0.717) is 10.0 Å². The van der Waals surface area contributed by atoms with Crippen LogP contribution < -0.4 is 0 Å². The van der Waals surface area contributed by atoms with Crippen molar-refractivity contribution in [2.45, 2.75) is 13.5 Å². The van der Waals surface area contributed by atoms with E-state index in [1.165, 1.54) is 16.9 Å². The summed E-state index contributed by atoms with van der Waals surface area (Å²) in [4.78, 5) is 4.26. The quantitative estimate of drug-likeness (QED) is 0.873. The largest absolute Gasteiger partial charge is 0.390 e. The van der Waals surface area contributed by atoms with Crippen molar-refractivity contribution in [1.82, 2.24) is 4.98 Å². The number of halogens is 1. The number of aryl methyl sites for hydroxylation is 1. The highest BCUT2D eigenvalue weighted by atomic mass is 35.5. The van der Waals surface area contributed by atoms with Crippen molar-refractivity contribution in [1.29, 1.82) is 0 Å². The van der Waals surface area contributed by atoms with Crippen LogP contribution in [-0.4, -0.2) is 10.1 Å². The molecule has 1 heterocycles. The van der Waals surface area contributed by atoms with Crippen LogP contribution in [0.1, 0.15) is 11.3 Å². The lowest BCUT2D eigenvalue weighted by atomic mass is 10.2. The number of thiazole rings is 1. The minimum Gasteiger partial charge on any atom is -0.390 e. The summed E-state index contributed by atoms with van der Waals surface area (Å²) in [5, 5.41) is 9.83. The van der Waals surface area contributed by atoms with E-state index in [9.17, 15) is 0 Å². The van der Waals surface area contributed by atoms with Crippen LogP contribution in [0.3, 0.4) is 0 Å². The molecule has 15 heavy (non-hydrogen) atoms. The monoisotopic (exact) mass is 239 g/mol. The molecule has 0 saturated heterocycles. The van der Waals surface area contributed by atoms with Crippen molar-refractivity contribution in [3.8, 4) is 10.6 Å². The van der Waals surface area contributed by atoms with Crippen LogP contribution in [0.15, 0.2) is 24.3 Å². The second-order valence-corrected chi connectivity index (χ2v) is 4.86. The molecule has 1 N–H and O–H groups in total. The van der Waals surface area contributed by atoms with Crippen molar-refractivity contribution in [3.05, 3.63) is 39.9 Å². The van der Waals surface area contributed by atoms with Crippen LogP contribution in [0.4, 0.5) is 0 Å². The topological polar surface area (TPSA) is 33.1 Å². The standard InChI is InChI=1S/C11H10ClNOS/c1-7-2-4-8(5-3-7)11-13-9(6-14)10(12)15-11/h2-5,14H,6H2,1H3. The Morgan fingerprint density at radius 3 is 2.53 bits per heavy atom. The molecule has 78 valence electrons. The molecular weight excluding hydrogens is 230 g/mol. The number of hydrogen-bond donors (Lipinski definition) is 1. The summed E-state index contributed by atoms with van der Waals surface area (Å²) in [5.74, 6) is 0. The minimum absolute atomic E-state index is 0.110. The molecule has 0 bridgehead atoms. The van der Waals surface area contributed by atoms with Gasteiger partial charge in [0.2, 0.25) is 0 Å². The third-order valence-corrected chi connectivity index (χ3v) is 3.48. The van der Waals surface area contributed by atoms with Gasteiger partial charge in [0.15, 0.2) is 0 Å². The highest BCUT2D eigenvalue weighted by Crippen LogP contribution is 2.31. The van der Waals surface area contributed by atoms with Gasteiger partial charge in [-0.15, -0.1) is 11.3 Å². The van der Waals surface area contributed by atoms with Crippen LogP contribution in [0.25, 0.3) is 10.6 Å². The lowest BCUT2D eigenvalue weighted by Gasteiger charge is -1.96. The molecule has 0 spiro atoms. The van der Waals surface area contributed by atoms with E-state index in [2.05, 4.69) is 4.98 Å². The summed E-state index contributed by atoms with van der Waals surface area (Å²) < 4.78 is 0.563. The van der Waals surface area contributed by atoms with Crippen molar-refractivity contribution in [2.24, 2.45) is 0 Å². The second kappa shape index (κ2) is 4.31. The van der Waals surface area contributed by atoms with Gasteiger partial charge in [0.1, 0.15) is 9.34 Å². The van der Waals surface area contributed by atoms with Crippen molar-refractivity contribution in [2.75, 3.05) is 0 Å². The molecule has 1 aromatic carbocycles. The summed E-state index contributed by atoms with van der Waals surface area (Å²) in [6, 6.07) is 8.07. The van der Waals surface area contributed by atoms with Crippen molar-refractivity contribution in [3.63, 3.8) is 0 Å². The molecule has 2 rings (SSSR count). The molecule has 0 fully saturated rings. The molecule has 0 unspecified atom stereocenters.